The Hall–Kier alpha value is -3.25. The van der Waals surface area contributed by atoms with Gasteiger partial charge in [0.15, 0.2) is 0 Å². The zero-order valence-electron chi connectivity index (χ0n) is 16.8. The van der Waals surface area contributed by atoms with Crippen molar-refractivity contribution in [2.24, 2.45) is 0 Å². The van der Waals surface area contributed by atoms with Crippen LogP contribution in [0.1, 0.15) is 11.1 Å². The van der Waals surface area contributed by atoms with Gasteiger partial charge in [-0.3, -0.25) is 19.5 Å². The van der Waals surface area contributed by atoms with Gasteiger partial charge in [0, 0.05) is 44.3 Å². The average Bonchev–Trinajstić information content (AvgIpc) is 2.78. The maximum atomic E-state index is 13.2. The van der Waals surface area contributed by atoms with Crippen molar-refractivity contribution in [1.82, 2.24) is 19.7 Å². The highest BCUT2D eigenvalue weighted by molar-refractivity contribution is 5.95. The zero-order chi connectivity index (χ0) is 20.5. The van der Waals surface area contributed by atoms with E-state index in [1.807, 2.05) is 48.5 Å². The fraction of sp³-hybridized carbons (Fsp3) is 0.292. The van der Waals surface area contributed by atoms with Crippen LogP contribution in [0.3, 0.4) is 0 Å². The summed E-state index contributed by atoms with van der Waals surface area (Å²) in [5, 5.41) is 1.14. The third-order valence-corrected chi connectivity index (χ3v) is 6.05. The number of benzene rings is 2. The maximum Gasteiger partial charge on any atom is 0.247 e. The lowest BCUT2D eigenvalue weighted by molar-refractivity contribution is -0.160. The predicted octanol–water partition coefficient (Wildman–Crippen LogP) is 2.29. The number of pyridine rings is 1. The third kappa shape index (κ3) is 3.55. The Morgan fingerprint density at radius 2 is 1.77 bits per heavy atom. The minimum atomic E-state index is -0.406. The van der Waals surface area contributed by atoms with Crippen LogP contribution in [0.15, 0.2) is 66.9 Å². The van der Waals surface area contributed by atoms with Crippen molar-refractivity contribution >= 4 is 22.7 Å². The Morgan fingerprint density at radius 3 is 2.63 bits per heavy atom. The SMILES string of the molecule is O=C1C2CN(Cc3cccc4ncccc34)CCN2C(=O)CN1Cc1ccccc1. The summed E-state index contributed by atoms with van der Waals surface area (Å²) in [6.07, 6.45) is 1.80. The molecule has 2 aliphatic rings. The highest BCUT2D eigenvalue weighted by Gasteiger charge is 2.42. The lowest BCUT2D eigenvalue weighted by atomic mass is 10.0. The molecule has 0 aliphatic carbocycles. The van der Waals surface area contributed by atoms with Crippen LogP contribution in [-0.2, 0) is 22.7 Å². The van der Waals surface area contributed by atoms with E-state index in [0.29, 0.717) is 19.6 Å². The van der Waals surface area contributed by atoms with Crippen LogP contribution in [0, 0.1) is 0 Å². The topological polar surface area (TPSA) is 56.8 Å². The van der Waals surface area contributed by atoms with Crippen molar-refractivity contribution in [2.75, 3.05) is 26.2 Å². The normalized spacial score (nSPS) is 19.9. The first-order chi connectivity index (χ1) is 14.7. The van der Waals surface area contributed by atoms with Gasteiger partial charge < -0.3 is 9.80 Å². The number of carbonyl (C=O) groups is 2. The number of piperazine rings is 2. The summed E-state index contributed by atoms with van der Waals surface area (Å²) in [7, 11) is 0. The summed E-state index contributed by atoms with van der Waals surface area (Å²) in [5.74, 6) is 0.0901. The van der Waals surface area contributed by atoms with E-state index in [9.17, 15) is 9.59 Å². The lowest BCUT2D eigenvalue weighted by Crippen LogP contribution is -2.66. The van der Waals surface area contributed by atoms with Crippen molar-refractivity contribution in [3.8, 4) is 0 Å². The van der Waals surface area contributed by atoms with Crippen molar-refractivity contribution in [1.29, 1.82) is 0 Å². The van der Waals surface area contributed by atoms with E-state index in [1.54, 1.807) is 16.0 Å². The molecule has 6 heteroatoms. The van der Waals surface area contributed by atoms with Crippen LogP contribution >= 0.6 is 0 Å². The van der Waals surface area contributed by atoms with Gasteiger partial charge >= 0.3 is 0 Å². The molecule has 0 saturated carbocycles. The van der Waals surface area contributed by atoms with Gasteiger partial charge in [-0.2, -0.15) is 0 Å². The smallest absolute Gasteiger partial charge is 0.247 e. The van der Waals surface area contributed by atoms with E-state index in [0.717, 1.165) is 29.6 Å². The van der Waals surface area contributed by atoms with E-state index in [4.69, 9.17) is 0 Å². The lowest BCUT2D eigenvalue weighted by Gasteiger charge is -2.46. The first-order valence-electron chi connectivity index (χ1n) is 10.4. The molecule has 3 aromatic rings. The summed E-state index contributed by atoms with van der Waals surface area (Å²) >= 11 is 0. The summed E-state index contributed by atoms with van der Waals surface area (Å²) < 4.78 is 0. The van der Waals surface area contributed by atoms with Crippen LogP contribution in [0.5, 0.6) is 0 Å². The number of amides is 2. The molecule has 1 aromatic heterocycles. The Morgan fingerprint density at radius 1 is 0.900 bits per heavy atom. The molecular weight excluding hydrogens is 376 g/mol. The van der Waals surface area contributed by atoms with Crippen LogP contribution in [0.4, 0.5) is 0 Å². The quantitative estimate of drug-likeness (QED) is 0.674. The van der Waals surface area contributed by atoms with E-state index in [-0.39, 0.29) is 18.4 Å². The second-order valence-corrected chi connectivity index (χ2v) is 8.01. The van der Waals surface area contributed by atoms with Crippen molar-refractivity contribution < 1.29 is 9.59 Å². The van der Waals surface area contributed by atoms with E-state index in [2.05, 4.69) is 22.0 Å². The number of hydrogen-bond donors (Lipinski definition) is 0. The summed E-state index contributed by atoms with van der Waals surface area (Å²) in [4.78, 5) is 36.1. The molecule has 0 N–H and O–H groups in total. The molecule has 2 amide bonds. The number of carbonyl (C=O) groups excluding carboxylic acids is 2. The number of aromatic nitrogens is 1. The largest absolute Gasteiger partial charge is 0.327 e. The van der Waals surface area contributed by atoms with Gasteiger partial charge in [0.05, 0.1) is 5.52 Å². The van der Waals surface area contributed by atoms with Gasteiger partial charge in [-0.1, -0.05) is 48.5 Å². The molecule has 3 heterocycles. The Balaban J connectivity index is 1.33. The second-order valence-electron chi connectivity index (χ2n) is 8.01. The van der Waals surface area contributed by atoms with Gasteiger partial charge in [-0.15, -0.1) is 0 Å². The summed E-state index contributed by atoms with van der Waals surface area (Å²) in [6, 6.07) is 19.6. The Bertz CT molecular complexity index is 1080. The van der Waals surface area contributed by atoms with Crippen LogP contribution < -0.4 is 0 Å². The van der Waals surface area contributed by atoms with E-state index < -0.39 is 6.04 Å². The molecule has 0 spiro atoms. The van der Waals surface area contributed by atoms with Gasteiger partial charge in [0.1, 0.15) is 12.6 Å². The van der Waals surface area contributed by atoms with Crippen molar-refractivity contribution in [3.63, 3.8) is 0 Å². The number of hydrogen-bond acceptors (Lipinski definition) is 4. The first-order valence-corrected chi connectivity index (χ1v) is 10.4. The molecule has 1 unspecified atom stereocenters. The van der Waals surface area contributed by atoms with Crippen molar-refractivity contribution in [2.45, 2.75) is 19.1 Å². The molecule has 2 saturated heterocycles. The van der Waals surface area contributed by atoms with Crippen molar-refractivity contribution in [3.05, 3.63) is 78.0 Å². The molecule has 2 aromatic carbocycles. The van der Waals surface area contributed by atoms with Gasteiger partial charge in [-0.25, -0.2) is 0 Å². The minimum absolute atomic E-state index is 0.0442. The second kappa shape index (κ2) is 7.88. The maximum absolute atomic E-state index is 13.2. The van der Waals surface area contributed by atoms with Gasteiger partial charge in [0.25, 0.3) is 0 Å². The fourth-order valence-electron chi connectivity index (χ4n) is 4.52. The molecule has 5 rings (SSSR count). The Labute approximate surface area is 175 Å². The van der Waals surface area contributed by atoms with Crippen LogP contribution in [0.2, 0.25) is 0 Å². The van der Waals surface area contributed by atoms with Crippen LogP contribution in [0.25, 0.3) is 10.9 Å². The molecule has 1 atom stereocenters. The molecule has 0 bridgehead atoms. The molecular formula is C24H24N4O2. The highest BCUT2D eigenvalue weighted by atomic mass is 16.2. The zero-order valence-corrected chi connectivity index (χ0v) is 16.8. The molecule has 152 valence electrons. The molecule has 2 aliphatic heterocycles. The van der Waals surface area contributed by atoms with Gasteiger partial charge in [0.2, 0.25) is 11.8 Å². The van der Waals surface area contributed by atoms with Crippen LogP contribution in [-0.4, -0.2) is 63.7 Å². The molecule has 6 nitrogen and oxygen atoms in total. The average molecular weight is 400 g/mol. The molecule has 30 heavy (non-hydrogen) atoms. The number of rotatable bonds is 4. The van der Waals surface area contributed by atoms with E-state index >= 15 is 0 Å². The summed E-state index contributed by atoms with van der Waals surface area (Å²) in [5.41, 5.74) is 3.22. The monoisotopic (exact) mass is 400 g/mol. The standard InChI is InChI=1S/C24H24N4O2/c29-23-17-27(14-18-6-2-1-3-7-18)24(30)22-16-26(12-13-28(22)23)15-19-8-4-10-21-20(19)9-5-11-25-21/h1-11,22H,12-17H2. The Kier molecular flexibility index (Phi) is 4.93. The predicted molar refractivity (Wildman–Crippen MR) is 114 cm³/mol. The third-order valence-electron chi connectivity index (χ3n) is 6.05. The minimum Gasteiger partial charge on any atom is -0.327 e. The number of nitrogens with zero attached hydrogens (tertiary/aromatic N) is 4. The van der Waals surface area contributed by atoms with Gasteiger partial charge in [-0.05, 0) is 23.3 Å². The summed E-state index contributed by atoms with van der Waals surface area (Å²) in [6.45, 7) is 3.31. The first kappa shape index (κ1) is 18.8. The van der Waals surface area contributed by atoms with E-state index in [1.165, 1.54) is 5.56 Å². The highest BCUT2D eigenvalue weighted by Crippen LogP contribution is 2.23. The number of fused-ring (bicyclic) bond motifs is 2. The molecule has 2 fully saturated rings. The fourth-order valence-corrected chi connectivity index (χ4v) is 4.52. The molecule has 0 radical (unpaired) electrons.